The Morgan fingerprint density at radius 3 is 2.44 bits per heavy atom. The molecule has 0 unspecified atom stereocenters. The zero-order valence-corrected chi connectivity index (χ0v) is 14.4. The van der Waals surface area contributed by atoms with Crippen molar-refractivity contribution in [1.82, 2.24) is 0 Å². The molecule has 0 aliphatic carbocycles. The number of cyclic esters (lactones) is 1. The molecule has 0 atom stereocenters. The van der Waals surface area contributed by atoms with Gasteiger partial charge in [0.25, 0.3) is 0 Å². The number of halogens is 2. The van der Waals surface area contributed by atoms with Gasteiger partial charge in [0.2, 0.25) is 5.90 Å². The van der Waals surface area contributed by atoms with Gasteiger partial charge in [-0.1, -0.05) is 12.1 Å². The van der Waals surface area contributed by atoms with Crippen LogP contribution in [0.3, 0.4) is 0 Å². The molecule has 0 bridgehead atoms. The maximum Gasteiger partial charge on any atom is 0.387 e. The van der Waals surface area contributed by atoms with Crippen LogP contribution in [0.2, 0.25) is 0 Å². The number of carbonyl (C=O) groups is 1. The predicted octanol–water partition coefficient (Wildman–Crippen LogP) is 3.65. The molecular formula is C19H15F2NO5. The number of alkyl halides is 2. The van der Waals surface area contributed by atoms with E-state index >= 15 is 0 Å². The summed E-state index contributed by atoms with van der Waals surface area (Å²) in [6.07, 6.45) is 1.30. The first-order chi connectivity index (χ1) is 13.0. The molecule has 0 aromatic heterocycles. The first kappa shape index (κ1) is 18.4. The minimum Gasteiger partial charge on any atom is -0.497 e. The topological polar surface area (TPSA) is 66.3 Å². The highest BCUT2D eigenvalue weighted by molar-refractivity contribution is 6.13. The van der Waals surface area contributed by atoms with Crippen LogP contribution < -0.4 is 14.2 Å². The molecule has 1 heterocycles. The summed E-state index contributed by atoms with van der Waals surface area (Å²) in [6, 6.07) is 11.3. The molecule has 140 valence electrons. The first-order valence-electron chi connectivity index (χ1n) is 7.80. The van der Waals surface area contributed by atoms with E-state index < -0.39 is 12.6 Å². The van der Waals surface area contributed by atoms with Crippen molar-refractivity contribution >= 4 is 17.9 Å². The van der Waals surface area contributed by atoms with E-state index in [0.29, 0.717) is 11.3 Å². The van der Waals surface area contributed by atoms with Crippen molar-refractivity contribution < 1.29 is 32.5 Å². The summed E-state index contributed by atoms with van der Waals surface area (Å²) >= 11 is 0. The lowest BCUT2D eigenvalue weighted by Gasteiger charge is -2.12. The number of hydrogen-bond donors (Lipinski definition) is 0. The Balaban J connectivity index is 1.97. The Kier molecular flexibility index (Phi) is 5.35. The fraction of sp³-hybridized carbons (Fsp3) is 0.158. The zero-order chi connectivity index (χ0) is 19.4. The maximum atomic E-state index is 12.7. The van der Waals surface area contributed by atoms with Gasteiger partial charge in [0.15, 0.2) is 17.2 Å². The molecule has 0 radical (unpaired) electrons. The normalized spacial score (nSPS) is 14.9. The van der Waals surface area contributed by atoms with Gasteiger partial charge in [0, 0.05) is 11.1 Å². The van der Waals surface area contributed by atoms with E-state index in [4.69, 9.17) is 14.2 Å². The minimum absolute atomic E-state index is 0.0480. The summed E-state index contributed by atoms with van der Waals surface area (Å²) in [7, 11) is 2.87. The summed E-state index contributed by atoms with van der Waals surface area (Å²) in [5, 5.41) is 0. The third-order valence-electron chi connectivity index (χ3n) is 3.69. The second-order valence-electron chi connectivity index (χ2n) is 5.32. The largest absolute Gasteiger partial charge is 0.497 e. The lowest BCUT2D eigenvalue weighted by Crippen LogP contribution is -2.06. The highest BCUT2D eigenvalue weighted by Crippen LogP contribution is 2.34. The Bertz CT molecular complexity index is 907. The molecule has 0 N–H and O–H groups in total. The standard InChI is InChI=1S/C19H15F2NO5/c1-24-13-8-6-11(7-9-13)17-22-14(18(23)27-17)10-12-4-3-5-15(25-2)16(12)26-19(20)21/h3-10,19H,1-2H3/b14-10-. The smallest absolute Gasteiger partial charge is 0.387 e. The van der Waals surface area contributed by atoms with Crippen molar-refractivity contribution in [2.75, 3.05) is 14.2 Å². The first-order valence-corrected chi connectivity index (χ1v) is 7.80. The van der Waals surface area contributed by atoms with Gasteiger partial charge in [-0.15, -0.1) is 0 Å². The average Bonchev–Trinajstić information content (AvgIpc) is 3.03. The number of esters is 1. The zero-order valence-electron chi connectivity index (χ0n) is 14.4. The highest BCUT2D eigenvalue weighted by atomic mass is 19.3. The maximum absolute atomic E-state index is 12.7. The molecule has 6 nitrogen and oxygen atoms in total. The summed E-state index contributed by atoms with van der Waals surface area (Å²) in [4.78, 5) is 16.3. The molecule has 27 heavy (non-hydrogen) atoms. The fourth-order valence-electron chi connectivity index (χ4n) is 2.44. The van der Waals surface area contributed by atoms with Gasteiger partial charge < -0.3 is 18.9 Å². The van der Waals surface area contributed by atoms with Crippen LogP contribution in [0, 0.1) is 0 Å². The molecular weight excluding hydrogens is 360 g/mol. The van der Waals surface area contributed by atoms with Crippen molar-refractivity contribution in [3.05, 3.63) is 59.3 Å². The third kappa shape index (κ3) is 4.05. The monoisotopic (exact) mass is 375 g/mol. The summed E-state index contributed by atoms with van der Waals surface area (Å²) in [5.74, 6) is -0.0388. The van der Waals surface area contributed by atoms with Crippen molar-refractivity contribution in [1.29, 1.82) is 0 Å². The van der Waals surface area contributed by atoms with Crippen LogP contribution in [0.25, 0.3) is 6.08 Å². The number of rotatable bonds is 6. The summed E-state index contributed by atoms with van der Waals surface area (Å²) in [6.45, 7) is -3.05. The van der Waals surface area contributed by atoms with Gasteiger partial charge in [-0.25, -0.2) is 9.79 Å². The van der Waals surface area contributed by atoms with E-state index in [1.165, 1.54) is 32.4 Å². The summed E-state index contributed by atoms with van der Waals surface area (Å²) < 4.78 is 45.3. The number of benzene rings is 2. The fourth-order valence-corrected chi connectivity index (χ4v) is 2.44. The molecule has 1 aliphatic heterocycles. The molecule has 0 amide bonds. The van der Waals surface area contributed by atoms with Gasteiger partial charge in [-0.05, 0) is 36.4 Å². The van der Waals surface area contributed by atoms with Crippen LogP contribution in [0.1, 0.15) is 11.1 Å². The van der Waals surface area contributed by atoms with E-state index in [1.54, 1.807) is 30.3 Å². The quantitative estimate of drug-likeness (QED) is 0.570. The number of para-hydroxylation sites is 1. The van der Waals surface area contributed by atoms with Crippen LogP contribution in [0.4, 0.5) is 8.78 Å². The number of nitrogens with zero attached hydrogens (tertiary/aromatic N) is 1. The molecule has 2 aromatic carbocycles. The second-order valence-corrected chi connectivity index (χ2v) is 5.32. The van der Waals surface area contributed by atoms with E-state index in [9.17, 15) is 13.6 Å². The SMILES string of the molecule is COc1ccc(C2=N/C(=C\c3cccc(OC)c3OC(F)F)C(=O)O2)cc1. The van der Waals surface area contributed by atoms with Crippen LogP contribution in [0.15, 0.2) is 53.2 Å². The average molecular weight is 375 g/mol. The Morgan fingerprint density at radius 1 is 1.07 bits per heavy atom. The lowest BCUT2D eigenvalue weighted by atomic mass is 10.1. The highest BCUT2D eigenvalue weighted by Gasteiger charge is 2.25. The molecule has 0 fully saturated rings. The third-order valence-corrected chi connectivity index (χ3v) is 3.69. The van der Waals surface area contributed by atoms with E-state index in [1.807, 2.05) is 0 Å². The number of carbonyl (C=O) groups excluding carboxylic acids is 1. The Hall–Kier alpha value is -3.42. The molecule has 8 heteroatoms. The number of hydrogen-bond acceptors (Lipinski definition) is 6. The van der Waals surface area contributed by atoms with Gasteiger partial charge in [-0.2, -0.15) is 8.78 Å². The minimum atomic E-state index is -3.05. The van der Waals surface area contributed by atoms with Crippen LogP contribution in [-0.2, 0) is 9.53 Å². The molecule has 3 rings (SSSR count). The lowest BCUT2D eigenvalue weighted by molar-refractivity contribution is -0.129. The van der Waals surface area contributed by atoms with Crippen molar-refractivity contribution in [2.24, 2.45) is 4.99 Å². The Labute approximate surface area is 153 Å². The second kappa shape index (κ2) is 7.86. The molecule has 2 aromatic rings. The number of aliphatic imine (C=N–C) groups is 1. The molecule has 0 saturated heterocycles. The van der Waals surface area contributed by atoms with Crippen LogP contribution in [0.5, 0.6) is 17.2 Å². The van der Waals surface area contributed by atoms with Gasteiger partial charge in [-0.3, -0.25) is 0 Å². The van der Waals surface area contributed by atoms with E-state index in [2.05, 4.69) is 9.73 Å². The van der Waals surface area contributed by atoms with Gasteiger partial charge >= 0.3 is 12.6 Å². The number of methoxy groups -OCH3 is 2. The van der Waals surface area contributed by atoms with E-state index in [0.717, 1.165) is 0 Å². The molecule has 0 spiro atoms. The van der Waals surface area contributed by atoms with Crippen LogP contribution >= 0.6 is 0 Å². The summed E-state index contributed by atoms with van der Waals surface area (Å²) in [5.41, 5.74) is 0.733. The predicted molar refractivity (Wildman–Crippen MR) is 93.2 cm³/mol. The van der Waals surface area contributed by atoms with Crippen molar-refractivity contribution in [2.45, 2.75) is 6.61 Å². The van der Waals surface area contributed by atoms with Gasteiger partial charge in [0.05, 0.1) is 14.2 Å². The van der Waals surface area contributed by atoms with Crippen LogP contribution in [-0.4, -0.2) is 32.7 Å². The molecule has 1 aliphatic rings. The van der Waals surface area contributed by atoms with E-state index in [-0.39, 0.29) is 28.7 Å². The number of ether oxygens (including phenoxy) is 4. The van der Waals surface area contributed by atoms with Crippen molar-refractivity contribution in [3.8, 4) is 17.2 Å². The molecule has 0 saturated carbocycles. The van der Waals surface area contributed by atoms with Crippen molar-refractivity contribution in [3.63, 3.8) is 0 Å². The van der Waals surface area contributed by atoms with Gasteiger partial charge in [0.1, 0.15) is 5.75 Å². The Morgan fingerprint density at radius 2 is 1.81 bits per heavy atom.